The van der Waals surface area contributed by atoms with Gasteiger partial charge in [0.05, 0.1) is 0 Å². The van der Waals surface area contributed by atoms with Crippen LogP contribution in [0.2, 0.25) is 0 Å². The third kappa shape index (κ3) is 2.39. The van der Waals surface area contributed by atoms with Crippen LogP contribution in [0.25, 0.3) is 0 Å². The van der Waals surface area contributed by atoms with Crippen LogP contribution in [0.4, 0.5) is 10.5 Å². The van der Waals surface area contributed by atoms with Crippen LogP contribution in [0.5, 0.6) is 0 Å². The number of aliphatic carboxylic acids is 1. The van der Waals surface area contributed by atoms with E-state index in [-0.39, 0.29) is 6.03 Å². The van der Waals surface area contributed by atoms with Gasteiger partial charge < -0.3 is 10.0 Å². The quantitative estimate of drug-likeness (QED) is 0.806. The van der Waals surface area contributed by atoms with Gasteiger partial charge in [0.15, 0.2) is 0 Å². The van der Waals surface area contributed by atoms with Crippen LogP contribution in [-0.4, -0.2) is 41.1 Å². The molecule has 0 aromatic heterocycles. The van der Waals surface area contributed by atoms with Gasteiger partial charge >= 0.3 is 12.0 Å². The van der Waals surface area contributed by atoms with Crippen LogP contribution in [0.3, 0.4) is 0 Å². The van der Waals surface area contributed by atoms with E-state index in [4.69, 9.17) is 0 Å². The molecule has 1 unspecified atom stereocenters. The molecule has 1 aromatic rings. The van der Waals surface area contributed by atoms with E-state index in [9.17, 15) is 14.7 Å². The number of carboxylic acids is 1. The molecule has 2 aliphatic rings. The Morgan fingerprint density at radius 3 is 2.71 bits per heavy atom. The summed E-state index contributed by atoms with van der Waals surface area (Å²) in [5.41, 5.74) is 2.92. The molecule has 2 amide bonds. The fourth-order valence-electron chi connectivity index (χ4n) is 2.92. The number of benzene rings is 1. The minimum Gasteiger partial charge on any atom is -0.480 e. The number of carboxylic acid groups (broad SMARTS) is 1. The maximum atomic E-state index is 12.7. The van der Waals surface area contributed by atoms with Gasteiger partial charge in [0.1, 0.15) is 6.04 Å². The predicted octanol–water partition coefficient (Wildman–Crippen LogP) is 2.27. The van der Waals surface area contributed by atoms with Crippen LogP contribution in [-0.2, 0) is 11.2 Å². The molecule has 0 fully saturated rings. The average Bonchev–Trinajstić information content (AvgIpc) is 2.87. The average molecular weight is 286 g/mol. The van der Waals surface area contributed by atoms with E-state index in [2.05, 4.69) is 0 Å². The van der Waals surface area contributed by atoms with Crippen molar-refractivity contribution < 1.29 is 14.7 Å². The molecule has 21 heavy (non-hydrogen) atoms. The molecule has 0 saturated carbocycles. The Kier molecular flexibility index (Phi) is 3.41. The molecule has 0 bridgehead atoms. The fraction of sp³-hybridized carbons (Fsp3) is 0.375. The van der Waals surface area contributed by atoms with E-state index >= 15 is 0 Å². The lowest BCUT2D eigenvalue weighted by Crippen LogP contribution is -2.50. The van der Waals surface area contributed by atoms with Crippen molar-refractivity contribution in [2.45, 2.75) is 25.8 Å². The summed E-state index contributed by atoms with van der Waals surface area (Å²) in [6.45, 7) is 3.24. The number of nitrogens with zero attached hydrogens (tertiary/aromatic N) is 2. The molecule has 5 nitrogen and oxygen atoms in total. The van der Waals surface area contributed by atoms with E-state index in [0.29, 0.717) is 19.5 Å². The lowest BCUT2D eigenvalue weighted by Gasteiger charge is -2.32. The van der Waals surface area contributed by atoms with Crippen LogP contribution >= 0.6 is 0 Å². The number of anilines is 1. The van der Waals surface area contributed by atoms with Crippen molar-refractivity contribution in [3.8, 4) is 0 Å². The first-order valence-corrected chi connectivity index (χ1v) is 7.12. The van der Waals surface area contributed by atoms with Gasteiger partial charge in [-0.05, 0) is 25.0 Å². The monoisotopic (exact) mass is 286 g/mol. The minimum atomic E-state index is -0.955. The second-order valence-corrected chi connectivity index (χ2v) is 5.59. The molecule has 0 saturated heterocycles. The number of fused-ring (bicyclic) bond motifs is 1. The second kappa shape index (κ2) is 5.24. The number of carbonyl (C=O) groups is 2. The number of para-hydroxylation sites is 1. The zero-order chi connectivity index (χ0) is 15.0. The zero-order valence-electron chi connectivity index (χ0n) is 12.0. The first-order chi connectivity index (χ1) is 10.1. The third-order valence-corrected chi connectivity index (χ3v) is 4.17. The molecule has 1 atom stereocenters. The number of amides is 2. The van der Waals surface area contributed by atoms with E-state index < -0.39 is 12.0 Å². The van der Waals surface area contributed by atoms with Crippen molar-refractivity contribution in [2.24, 2.45) is 0 Å². The highest BCUT2D eigenvalue weighted by molar-refractivity contribution is 6.01. The molecule has 0 radical (unpaired) electrons. The molecule has 0 spiro atoms. The van der Waals surface area contributed by atoms with Crippen molar-refractivity contribution in [3.63, 3.8) is 0 Å². The Morgan fingerprint density at radius 2 is 2.05 bits per heavy atom. The van der Waals surface area contributed by atoms with Crippen LogP contribution in [0.15, 0.2) is 35.9 Å². The topological polar surface area (TPSA) is 60.9 Å². The standard InChI is InChI=1S/C16H18N2O3/c1-11-6-8-17(9-7-11)16(21)18-13-5-3-2-4-12(13)10-14(18)15(19)20/h2-6,14H,7-10H2,1H3,(H,19,20). The first kappa shape index (κ1) is 13.7. The molecule has 3 rings (SSSR count). The molecule has 1 aromatic carbocycles. The Hall–Kier alpha value is -2.30. The number of hydrogen-bond acceptors (Lipinski definition) is 2. The van der Waals surface area contributed by atoms with Gasteiger partial charge in [-0.25, -0.2) is 9.59 Å². The summed E-state index contributed by atoms with van der Waals surface area (Å²) in [4.78, 5) is 27.4. The first-order valence-electron chi connectivity index (χ1n) is 7.12. The number of carbonyl (C=O) groups excluding carboxylic acids is 1. The van der Waals surface area contributed by atoms with Crippen LogP contribution in [0.1, 0.15) is 18.9 Å². The SMILES string of the molecule is CC1=CCN(C(=O)N2c3ccccc3CC2C(=O)O)CC1. The van der Waals surface area contributed by atoms with Crippen LogP contribution in [0, 0.1) is 0 Å². The molecular formula is C16H18N2O3. The van der Waals surface area contributed by atoms with E-state index in [1.54, 1.807) is 4.90 Å². The third-order valence-electron chi connectivity index (χ3n) is 4.17. The van der Waals surface area contributed by atoms with Crippen molar-refractivity contribution >= 4 is 17.7 Å². The summed E-state index contributed by atoms with van der Waals surface area (Å²) in [5, 5.41) is 9.42. The van der Waals surface area contributed by atoms with Crippen molar-refractivity contribution in [2.75, 3.05) is 18.0 Å². The molecule has 1 N–H and O–H groups in total. The molecular weight excluding hydrogens is 268 g/mol. The molecule has 5 heteroatoms. The Bertz CT molecular complexity index is 624. The molecule has 2 heterocycles. The highest BCUT2D eigenvalue weighted by Crippen LogP contribution is 2.33. The maximum absolute atomic E-state index is 12.7. The summed E-state index contributed by atoms with van der Waals surface area (Å²) in [6.07, 6.45) is 3.25. The van der Waals surface area contributed by atoms with Crippen LogP contribution < -0.4 is 4.90 Å². The smallest absolute Gasteiger partial charge is 0.327 e. The number of hydrogen-bond donors (Lipinski definition) is 1. The summed E-state index contributed by atoms with van der Waals surface area (Å²) in [7, 11) is 0. The van der Waals surface area contributed by atoms with Crippen molar-refractivity contribution in [3.05, 3.63) is 41.5 Å². The summed E-state index contributed by atoms with van der Waals surface area (Å²) < 4.78 is 0. The van der Waals surface area contributed by atoms with E-state index in [0.717, 1.165) is 17.7 Å². The van der Waals surface area contributed by atoms with Gasteiger partial charge in [-0.1, -0.05) is 29.8 Å². The van der Waals surface area contributed by atoms with Crippen molar-refractivity contribution in [1.29, 1.82) is 0 Å². The van der Waals surface area contributed by atoms with Gasteiger partial charge in [-0.3, -0.25) is 4.90 Å². The lowest BCUT2D eigenvalue weighted by molar-refractivity contribution is -0.138. The lowest BCUT2D eigenvalue weighted by atomic mass is 10.1. The minimum absolute atomic E-state index is 0.212. The summed E-state index contributed by atoms with van der Waals surface area (Å²) >= 11 is 0. The van der Waals surface area contributed by atoms with Gasteiger partial charge in [0.25, 0.3) is 0 Å². The highest BCUT2D eigenvalue weighted by Gasteiger charge is 2.40. The Morgan fingerprint density at radius 1 is 1.29 bits per heavy atom. The largest absolute Gasteiger partial charge is 0.480 e. The zero-order valence-corrected chi connectivity index (χ0v) is 12.0. The predicted molar refractivity (Wildman–Crippen MR) is 79.4 cm³/mol. The van der Waals surface area contributed by atoms with Gasteiger partial charge in [0.2, 0.25) is 0 Å². The number of rotatable bonds is 1. The Balaban J connectivity index is 1.91. The molecule has 2 aliphatic heterocycles. The molecule has 110 valence electrons. The van der Waals surface area contributed by atoms with E-state index in [1.807, 2.05) is 37.3 Å². The molecule has 0 aliphatic carbocycles. The maximum Gasteiger partial charge on any atom is 0.327 e. The van der Waals surface area contributed by atoms with Gasteiger partial charge in [-0.2, -0.15) is 0 Å². The Labute approximate surface area is 123 Å². The summed E-state index contributed by atoms with van der Waals surface area (Å²) in [6, 6.07) is 6.40. The summed E-state index contributed by atoms with van der Waals surface area (Å²) in [5.74, 6) is -0.955. The normalized spacial score (nSPS) is 21.0. The highest BCUT2D eigenvalue weighted by atomic mass is 16.4. The second-order valence-electron chi connectivity index (χ2n) is 5.59. The number of urea groups is 1. The van der Waals surface area contributed by atoms with Crippen molar-refractivity contribution in [1.82, 2.24) is 4.90 Å². The van der Waals surface area contributed by atoms with Gasteiger partial charge in [0, 0.05) is 25.2 Å². The van der Waals surface area contributed by atoms with E-state index in [1.165, 1.54) is 10.5 Å². The fourth-order valence-corrected chi connectivity index (χ4v) is 2.92. The van der Waals surface area contributed by atoms with Gasteiger partial charge in [-0.15, -0.1) is 0 Å².